The monoisotopic (exact) mass is 612 g/mol. The van der Waals surface area contributed by atoms with Crippen LogP contribution in [0.1, 0.15) is 92.9 Å². The van der Waals surface area contributed by atoms with E-state index in [1.807, 2.05) is 0 Å². The molecular weight excluding hydrogens is 546 g/mol. The fourth-order valence-corrected chi connectivity index (χ4v) is 6.25. The third-order valence-corrected chi connectivity index (χ3v) is 9.46. The zero-order valence-corrected chi connectivity index (χ0v) is 29.6. The van der Waals surface area contributed by atoms with Crippen LogP contribution in [0.2, 0.25) is 0 Å². The number of guanidine groups is 1. The molecule has 2 unspecified atom stereocenters. The van der Waals surface area contributed by atoms with Gasteiger partial charge in [-0.1, -0.05) is 38.8 Å². The van der Waals surface area contributed by atoms with E-state index in [0.29, 0.717) is 12.7 Å². The maximum Gasteiger partial charge on any atom is 0.222 e. The fraction of sp³-hybridized carbons (Fsp3) is 0.778. The lowest BCUT2D eigenvalue weighted by Gasteiger charge is -2.32. The third kappa shape index (κ3) is 12.4. The Hall–Kier alpha value is -2.00. The molecule has 2 N–H and O–H groups in total. The summed E-state index contributed by atoms with van der Waals surface area (Å²) in [5.41, 5.74) is 3.73. The number of hydrogen-bond donors (Lipinski definition) is 2. The van der Waals surface area contributed by atoms with E-state index in [1.54, 1.807) is 7.11 Å². The van der Waals surface area contributed by atoms with Crippen LogP contribution in [0.25, 0.3) is 0 Å². The largest absolute Gasteiger partial charge is 0.496 e. The number of rotatable bonds is 12. The summed E-state index contributed by atoms with van der Waals surface area (Å²) in [5, 5.41) is 7.47. The van der Waals surface area contributed by atoms with Crippen molar-refractivity contribution in [2.75, 3.05) is 73.2 Å². The lowest BCUT2D eigenvalue weighted by molar-refractivity contribution is 0.286. The molecule has 8 nitrogen and oxygen atoms in total. The molecule has 2 atom stereocenters. The van der Waals surface area contributed by atoms with Gasteiger partial charge in [-0.25, -0.2) is 9.98 Å². The highest BCUT2D eigenvalue weighted by Crippen LogP contribution is 2.25. The van der Waals surface area contributed by atoms with Crippen molar-refractivity contribution in [2.24, 2.45) is 15.9 Å². The first kappa shape index (κ1) is 36.5. The Bertz CT molecular complexity index is 1030. The first-order valence-electron chi connectivity index (χ1n) is 17.6. The first-order valence-corrected chi connectivity index (χ1v) is 17.6. The second-order valence-electron chi connectivity index (χ2n) is 13.8. The van der Waals surface area contributed by atoms with Crippen LogP contribution in [-0.2, 0) is 4.74 Å². The SMILES string of the molecule is CCCCN(CC)CC/C(C)=C\C1=CC(=N/C(=N\CNC2CCCNC(C)(C)CC2)N2CCCN(C)CC2)/C(C)C=C1OC. The zero-order valence-electron chi connectivity index (χ0n) is 29.6. The molecule has 0 aromatic rings. The van der Waals surface area contributed by atoms with Crippen LogP contribution < -0.4 is 10.6 Å². The van der Waals surface area contributed by atoms with Crippen molar-refractivity contribution < 1.29 is 4.74 Å². The van der Waals surface area contributed by atoms with Gasteiger partial charge in [0.2, 0.25) is 5.96 Å². The van der Waals surface area contributed by atoms with Gasteiger partial charge in [-0.15, -0.1) is 0 Å². The molecule has 2 fully saturated rings. The van der Waals surface area contributed by atoms with E-state index >= 15 is 0 Å². The maximum atomic E-state index is 5.86. The number of unbranched alkanes of at least 4 members (excludes halogenated alkanes) is 1. The first-order chi connectivity index (χ1) is 21.1. The highest BCUT2D eigenvalue weighted by Gasteiger charge is 2.23. The van der Waals surface area contributed by atoms with E-state index in [2.05, 4.69) is 92.2 Å². The Labute approximate surface area is 270 Å². The van der Waals surface area contributed by atoms with Crippen LogP contribution >= 0.6 is 0 Å². The number of likely N-dealkylation sites (N-methyl/N-ethyl adjacent to an activating group) is 1. The van der Waals surface area contributed by atoms with Crippen LogP contribution in [0.15, 0.2) is 45.1 Å². The predicted molar refractivity (Wildman–Crippen MR) is 189 cm³/mol. The van der Waals surface area contributed by atoms with E-state index in [0.717, 1.165) is 81.7 Å². The average Bonchev–Trinajstić information content (AvgIpc) is 3.21. The number of ether oxygens (including phenoxy) is 1. The summed E-state index contributed by atoms with van der Waals surface area (Å²) in [4.78, 5) is 17.8. The molecule has 0 saturated carbocycles. The van der Waals surface area contributed by atoms with Gasteiger partial charge in [0, 0.05) is 49.3 Å². The normalized spacial score (nSPS) is 25.4. The van der Waals surface area contributed by atoms with Crippen molar-refractivity contribution in [1.29, 1.82) is 0 Å². The van der Waals surface area contributed by atoms with Crippen LogP contribution in [0.3, 0.4) is 0 Å². The quantitative estimate of drug-likeness (QED) is 0.213. The van der Waals surface area contributed by atoms with Crippen LogP contribution in [0.5, 0.6) is 0 Å². The number of methoxy groups -OCH3 is 1. The third-order valence-electron chi connectivity index (χ3n) is 9.46. The fourth-order valence-electron chi connectivity index (χ4n) is 6.25. The summed E-state index contributed by atoms with van der Waals surface area (Å²) in [7, 11) is 3.99. The molecule has 0 radical (unpaired) electrons. The van der Waals surface area contributed by atoms with Gasteiger partial charge in [0.15, 0.2) is 0 Å². The van der Waals surface area contributed by atoms with Crippen LogP contribution in [-0.4, -0.2) is 111 Å². The van der Waals surface area contributed by atoms with Crippen molar-refractivity contribution in [2.45, 2.75) is 104 Å². The number of allylic oxidation sites excluding steroid dienone is 3. The number of aliphatic imine (C=N–C) groups is 2. The van der Waals surface area contributed by atoms with E-state index in [9.17, 15) is 0 Å². The molecule has 3 aliphatic rings. The van der Waals surface area contributed by atoms with E-state index < -0.39 is 0 Å². The molecule has 1 aliphatic carbocycles. The van der Waals surface area contributed by atoms with Gasteiger partial charge in [0.25, 0.3) is 0 Å². The Morgan fingerprint density at radius 1 is 1.16 bits per heavy atom. The van der Waals surface area contributed by atoms with Gasteiger partial charge in [-0.05, 0) is 111 Å². The maximum absolute atomic E-state index is 5.86. The molecule has 2 aliphatic heterocycles. The number of nitrogens with zero attached hydrogens (tertiary/aromatic N) is 5. The highest BCUT2D eigenvalue weighted by molar-refractivity contribution is 6.07. The number of nitrogens with one attached hydrogen (secondary N) is 2. The molecule has 44 heavy (non-hydrogen) atoms. The van der Waals surface area contributed by atoms with E-state index in [-0.39, 0.29) is 11.5 Å². The van der Waals surface area contributed by atoms with Crippen molar-refractivity contribution in [3.05, 3.63) is 35.1 Å². The van der Waals surface area contributed by atoms with Gasteiger partial charge in [-0.3, -0.25) is 5.32 Å². The minimum atomic E-state index is 0.153. The molecule has 2 heterocycles. The Morgan fingerprint density at radius 3 is 2.73 bits per heavy atom. The molecule has 2 saturated heterocycles. The summed E-state index contributed by atoms with van der Waals surface area (Å²) in [6.07, 6.45) is 16.2. The Morgan fingerprint density at radius 2 is 1.98 bits per heavy atom. The van der Waals surface area contributed by atoms with Gasteiger partial charge in [-0.2, -0.15) is 0 Å². The molecular formula is C36H65N7O. The molecule has 250 valence electrons. The lowest BCUT2D eigenvalue weighted by Crippen LogP contribution is -2.44. The summed E-state index contributed by atoms with van der Waals surface area (Å²) >= 11 is 0. The van der Waals surface area contributed by atoms with Crippen molar-refractivity contribution >= 4 is 11.7 Å². The molecule has 0 amide bonds. The van der Waals surface area contributed by atoms with Crippen molar-refractivity contribution in [3.8, 4) is 0 Å². The molecule has 8 heteroatoms. The van der Waals surface area contributed by atoms with Crippen LogP contribution in [0.4, 0.5) is 0 Å². The Kier molecular flexibility index (Phi) is 15.6. The lowest BCUT2D eigenvalue weighted by atomic mass is 9.91. The standard InChI is InChI=1S/C36H65N7O/c1-9-11-20-42(10-2)22-16-29(3)25-31-27-33(30(4)26-34(31)44-8)40-35(43-21-13-19-41(7)23-24-43)38-28-37-32-14-12-18-39-36(5,6)17-15-32/h25-27,30,32,37,39H,9-24,28H2,1-8H3/b29-25-,38-35+,40-33-. The molecule has 0 bridgehead atoms. The predicted octanol–water partition coefficient (Wildman–Crippen LogP) is 5.84. The second kappa shape index (κ2) is 18.8. The van der Waals surface area contributed by atoms with Gasteiger partial charge in [0.1, 0.15) is 5.76 Å². The topological polar surface area (TPSA) is 67.7 Å². The summed E-state index contributed by atoms with van der Waals surface area (Å²) < 4.78 is 5.86. The summed E-state index contributed by atoms with van der Waals surface area (Å²) in [6, 6.07) is 0.496. The minimum Gasteiger partial charge on any atom is -0.496 e. The van der Waals surface area contributed by atoms with Crippen molar-refractivity contribution in [1.82, 2.24) is 25.3 Å². The van der Waals surface area contributed by atoms with Gasteiger partial charge >= 0.3 is 0 Å². The highest BCUT2D eigenvalue weighted by atomic mass is 16.5. The van der Waals surface area contributed by atoms with Gasteiger partial charge in [0.05, 0.1) is 19.5 Å². The van der Waals surface area contributed by atoms with Crippen LogP contribution in [0, 0.1) is 5.92 Å². The summed E-state index contributed by atoms with van der Waals surface area (Å²) in [6.45, 7) is 22.8. The van der Waals surface area contributed by atoms with E-state index in [4.69, 9.17) is 14.7 Å². The second-order valence-corrected chi connectivity index (χ2v) is 13.8. The van der Waals surface area contributed by atoms with Crippen molar-refractivity contribution in [3.63, 3.8) is 0 Å². The zero-order chi connectivity index (χ0) is 32.0. The van der Waals surface area contributed by atoms with Gasteiger partial charge < -0.3 is 24.8 Å². The minimum absolute atomic E-state index is 0.153. The van der Waals surface area contributed by atoms with E-state index in [1.165, 1.54) is 50.6 Å². The molecule has 3 rings (SSSR count). The Balaban J connectivity index is 1.81. The number of hydrogen-bond acceptors (Lipinski definition) is 6. The summed E-state index contributed by atoms with van der Waals surface area (Å²) in [5.74, 6) is 1.95. The average molecular weight is 612 g/mol. The smallest absolute Gasteiger partial charge is 0.222 e. The molecule has 0 spiro atoms. The molecule has 0 aromatic carbocycles. The molecule has 0 aromatic heterocycles.